The molecule has 1 aromatic heterocycles. The van der Waals surface area contributed by atoms with Crippen LogP contribution in [0.1, 0.15) is 40.4 Å². The smallest absolute Gasteiger partial charge is 0.344 e. The molecule has 0 aliphatic heterocycles. The van der Waals surface area contributed by atoms with Gasteiger partial charge in [-0.1, -0.05) is 36.4 Å². The van der Waals surface area contributed by atoms with E-state index < -0.39 is 23.2 Å². The first-order chi connectivity index (χ1) is 13.6. The summed E-state index contributed by atoms with van der Waals surface area (Å²) in [6.07, 6.45) is -4.37. The number of H-pyrrole nitrogens is 1. The number of halogens is 3. The summed E-state index contributed by atoms with van der Waals surface area (Å²) in [5.41, 5.74) is 1.14. The van der Waals surface area contributed by atoms with Crippen molar-refractivity contribution in [2.75, 3.05) is 0 Å². The maximum atomic E-state index is 12.7. The fourth-order valence-electron chi connectivity index (χ4n) is 2.87. The van der Waals surface area contributed by atoms with Crippen molar-refractivity contribution in [3.8, 4) is 11.1 Å². The highest BCUT2D eigenvalue weighted by molar-refractivity contribution is 5.92. The lowest BCUT2D eigenvalue weighted by molar-refractivity contribution is -0.137. The minimum absolute atomic E-state index is 0.0273. The number of hydrogen-bond acceptors (Lipinski definition) is 3. The predicted molar refractivity (Wildman–Crippen MR) is 102 cm³/mol. The van der Waals surface area contributed by atoms with Gasteiger partial charge in [0.15, 0.2) is 0 Å². The number of aromatic nitrogens is 2. The van der Waals surface area contributed by atoms with Gasteiger partial charge < -0.3 is 10.3 Å². The van der Waals surface area contributed by atoms with Crippen molar-refractivity contribution in [3.05, 3.63) is 87.6 Å². The first-order valence-corrected chi connectivity index (χ1v) is 8.80. The van der Waals surface area contributed by atoms with Crippen molar-refractivity contribution in [2.24, 2.45) is 0 Å². The molecule has 0 aliphatic rings. The van der Waals surface area contributed by atoms with E-state index in [1.165, 1.54) is 12.1 Å². The third-order valence-electron chi connectivity index (χ3n) is 4.40. The second kappa shape index (κ2) is 7.90. The highest BCUT2D eigenvalue weighted by Gasteiger charge is 2.29. The largest absolute Gasteiger partial charge is 0.416 e. The fourth-order valence-corrected chi connectivity index (χ4v) is 2.87. The summed E-state index contributed by atoms with van der Waals surface area (Å²) in [5.74, 6) is -0.130. The molecule has 0 aliphatic carbocycles. The van der Waals surface area contributed by atoms with E-state index in [9.17, 15) is 22.8 Å². The lowest BCUT2D eigenvalue weighted by Crippen LogP contribution is -2.29. The predicted octanol–water partition coefficient (Wildman–Crippen LogP) is 4.26. The normalized spacial score (nSPS) is 12.4. The summed E-state index contributed by atoms with van der Waals surface area (Å²) in [7, 11) is 0. The highest BCUT2D eigenvalue weighted by Crippen LogP contribution is 2.31. The van der Waals surface area contributed by atoms with Crippen LogP contribution in [0.3, 0.4) is 0 Å². The zero-order valence-electron chi connectivity index (χ0n) is 15.7. The van der Waals surface area contributed by atoms with Crippen molar-refractivity contribution < 1.29 is 18.0 Å². The quantitative estimate of drug-likeness (QED) is 0.686. The summed E-state index contributed by atoms with van der Waals surface area (Å²) in [4.78, 5) is 30.3. The molecule has 8 heteroatoms. The Morgan fingerprint density at radius 3 is 2.10 bits per heavy atom. The molecule has 1 heterocycles. The maximum absolute atomic E-state index is 12.7. The van der Waals surface area contributed by atoms with Crippen molar-refractivity contribution in [1.29, 1.82) is 0 Å². The fraction of sp³-hybridized carbons (Fsp3) is 0.190. The Labute approximate surface area is 164 Å². The number of benzene rings is 2. The van der Waals surface area contributed by atoms with Gasteiger partial charge in [0, 0.05) is 6.07 Å². The zero-order valence-corrected chi connectivity index (χ0v) is 15.7. The zero-order chi connectivity index (χ0) is 21.2. The molecule has 3 aromatic rings. The topological polar surface area (TPSA) is 74.8 Å². The van der Waals surface area contributed by atoms with E-state index in [-0.39, 0.29) is 11.7 Å². The number of aromatic amines is 1. The standard InChI is InChI=1S/C21H18F3N3O2/c1-12(25-20(29)18-11-19(28)27-13(2)26-18)14-3-5-15(6-4-14)16-7-9-17(10-8-16)21(22,23)24/h3-12H,1-2H3,(H,25,29)(H,26,27,28)/t12-/m1/s1. The van der Waals surface area contributed by atoms with Crippen molar-refractivity contribution in [1.82, 2.24) is 15.3 Å². The van der Waals surface area contributed by atoms with Crippen molar-refractivity contribution in [3.63, 3.8) is 0 Å². The van der Waals surface area contributed by atoms with Crippen LogP contribution in [0.4, 0.5) is 13.2 Å². The molecule has 2 N–H and O–H groups in total. The Morgan fingerprint density at radius 1 is 1.03 bits per heavy atom. The average molecular weight is 401 g/mol. The number of nitrogens with one attached hydrogen (secondary N) is 2. The Kier molecular flexibility index (Phi) is 5.54. The molecule has 0 saturated carbocycles. The molecular formula is C21H18F3N3O2. The monoisotopic (exact) mass is 401 g/mol. The van der Waals surface area contributed by atoms with Gasteiger partial charge in [0.05, 0.1) is 11.6 Å². The van der Waals surface area contributed by atoms with Gasteiger partial charge in [0.2, 0.25) is 0 Å². The van der Waals surface area contributed by atoms with Gasteiger partial charge in [-0.3, -0.25) is 9.59 Å². The van der Waals surface area contributed by atoms with E-state index in [1.54, 1.807) is 38.1 Å². The summed E-state index contributed by atoms with van der Waals surface area (Å²) in [5, 5.41) is 2.77. The molecule has 1 atom stereocenters. The molecule has 2 aromatic carbocycles. The van der Waals surface area contributed by atoms with Crippen LogP contribution >= 0.6 is 0 Å². The molecular weight excluding hydrogens is 383 g/mol. The van der Waals surface area contributed by atoms with Gasteiger partial charge in [-0.15, -0.1) is 0 Å². The van der Waals surface area contributed by atoms with Gasteiger partial charge in [0.25, 0.3) is 11.5 Å². The second-order valence-corrected chi connectivity index (χ2v) is 6.61. The Hall–Kier alpha value is -3.42. The molecule has 0 spiro atoms. The van der Waals surface area contributed by atoms with E-state index >= 15 is 0 Å². The van der Waals surface area contributed by atoms with Gasteiger partial charge >= 0.3 is 6.18 Å². The van der Waals surface area contributed by atoms with Crippen LogP contribution in [0.2, 0.25) is 0 Å². The number of aryl methyl sites for hydroxylation is 1. The molecule has 150 valence electrons. The van der Waals surface area contributed by atoms with Gasteiger partial charge in [0.1, 0.15) is 11.5 Å². The van der Waals surface area contributed by atoms with Gasteiger partial charge in [-0.05, 0) is 42.7 Å². The summed E-state index contributed by atoms with van der Waals surface area (Å²) >= 11 is 0. The van der Waals surface area contributed by atoms with Crippen LogP contribution in [0.15, 0.2) is 59.4 Å². The molecule has 0 fully saturated rings. The number of nitrogens with zero attached hydrogens (tertiary/aromatic N) is 1. The lowest BCUT2D eigenvalue weighted by atomic mass is 10.0. The van der Waals surface area contributed by atoms with Crippen LogP contribution in [-0.4, -0.2) is 15.9 Å². The van der Waals surface area contributed by atoms with Crippen LogP contribution in [0, 0.1) is 6.92 Å². The van der Waals surface area contributed by atoms with E-state index in [2.05, 4.69) is 15.3 Å². The molecule has 5 nitrogen and oxygen atoms in total. The first-order valence-electron chi connectivity index (χ1n) is 8.80. The van der Waals surface area contributed by atoms with Gasteiger partial charge in [-0.25, -0.2) is 4.98 Å². The third kappa shape index (κ3) is 4.90. The molecule has 29 heavy (non-hydrogen) atoms. The summed E-state index contributed by atoms with van der Waals surface area (Å²) in [6.45, 7) is 3.37. The molecule has 0 unspecified atom stereocenters. The molecule has 1 amide bonds. The number of carbonyl (C=O) groups is 1. The number of rotatable bonds is 4. The minimum atomic E-state index is -4.37. The van der Waals surface area contributed by atoms with Crippen molar-refractivity contribution >= 4 is 5.91 Å². The number of alkyl halides is 3. The van der Waals surface area contributed by atoms with Crippen LogP contribution in [0.25, 0.3) is 11.1 Å². The highest BCUT2D eigenvalue weighted by atomic mass is 19.4. The Bertz CT molecular complexity index is 1070. The number of hydrogen-bond donors (Lipinski definition) is 2. The second-order valence-electron chi connectivity index (χ2n) is 6.61. The summed E-state index contributed by atoms with van der Waals surface area (Å²) in [6, 6.07) is 12.8. The molecule has 0 bridgehead atoms. The Morgan fingerprint density at radius 2 is 1.59 bits per heavy atom. The third-order valence-corrected chi connectivity index (χ3v) is 4.40. The number of carbonyl (C=O) groups excluding carboxylic acids is 1. The average Bonchev–Trinajstić information content (AvgIpc) is 2.66. The van der Waals surface area contributed by atoms with E-state index in [4.69, 9.17) is 0 Å². The molecule has 0 saturated heterocycles. The van der Waals surface area contributed by atoms with Gasteiger partial charge in [-0.2, -0.15) is 13.2 Å². The molecule has 3 rings (SSSR count). The first kappa shape index (κ1) is 20.3. The summed E-state index contributed by atoms with van der Waals surface area (Å²) < 4.78 is 38.0. The van der Waals surface area contributed by atoms with Crippen LogP contribution in [-0.2, 0) is 6.18 Å². The maximum Gasteiger partial charge on any atom is 0.416 e. The van der Waals surface area contributed by atoms with Crippen LogP contribution < -0.4 is 10.9 Å². The number of amides is 1. The van der Waals surface area contributed by atoms with E-state index in [0.29, 0.717) is 11.4 Å². The van der Waals surface area contributed by atoms with Crippen LogP contribution in [0.5, 0.6) is 0 Å². The lowest BCUT2D eigenvalue weighted by Gasteiger charge is -2.15. The van der Waals surface area contributed by atoms with Crippen molar-refractivity contribution in [2.45, 2.75) is 26.1 Å². The Balaban J connectivity index is 1.72. The molecule has 0 radical (unpaired) electrons. The van der Waals surface area contributed by atoms with E-state index in [1.807, 2.05) is 0 Å². The minimum Gasteiger partial charge on any atom is -0.344 e. The van der Waals surface area contributed by atoms with E-state index in [0.717, 1.165) is 29.3 Å². The SMILES string of the molecule is Cc1nc(C(=O)N[C@H](C)c2ccc(-c3ccc(C(F)(F)F)cc3)cc2)cc(=O)[nH]1.